The summed E-state index contributed by atoms with van der Waals surface area (Å²) in [6.45, 7) is 4.74. The molecule has 1 aliphatic rings. The number of amides is 1. The van der Waals surface area contributed by atoms with Crippen molar-refractivity contribution in [2.45, 2.75) is 13.0 Å². The average Bonchev–Trinajstić information content (AvgIpc) is 2.39. The molecule has 1 aromatic heterocycles. The fourth-order valence-electron chi connectivity index (χ4n) is 2.00. The third kappa shape index (κ3) is 3.00. The molecule has 5 nitrogen and oxygen atoms in total. The molecule has 1 aliphatic heterocycles. The molecule has 1 amide bonds. The number of piperazine rings is 1. The van der Waals surface area contributed by atoms with Gasteiger partial charge in [-0.1, -0.05) is 0 Å². The fraction of sp³-hybridized carbons (Fsp3) is 0.500. The Balaban J connectivity index is 1.94. The lowest BCUT2D eigenvalue weighted by molar-refractivity contribution is -0.132. The van der Waals surface area contributed by atoms with Gasteiger partial charge in [0.05, 0.1) is 6.04 Å². The first-order chi connectivity index (χ1) is 8.58. The van der Waals surface area contributed by atoms with Gasteiger partial charge in [0.15, 0.2) is 0 Å². The van der Waals surface area contributed by atoms with Crippen LogP contribution in [0.3, 0.4) is 0 Å². The number of rotatable bonds is 2. The molecule has 18 heavy (non-hydrogen) atoms. The van der Waals surface area contributed by atoms with Crippen LogP contribution in [0.2, 0.25) is 0 Å². The van der Waals surface area contributed by atoms with Crippen LogP contribution in [0.4, 0.5) is 5.82 Å². The molecule has 0 unspecified atom stereocenters. The van der Waals surface area contributed by atoms with Crippen LogP contribution >= 0.6 is 15.9 Å². The number of aromatic nitrogens is 1. The van der Waals surface area contributed by atoms with Gasteiger partial charge in [0, 0.05) is 36.8 Å². The summed E-state index contributed by atoms with van der Waals surface area (Å²) in [5, 5.41) is 0. The Morgan fingerprint density at radius 3 is 2.56 bits per heavy atom. The van der Waals surface area contributed by atoms with Gasteiger partial charge >= 0.3 is 0 Å². The van der Waals surface area contributed by atoms with Crippen molar-refractivity contribution in [2.24, 2.45) is 5.73 Å². The zero-order chi connectivity index (χ0) is 13.1. The fourth-order valence-corrected chi connectivity index (χ4v) is 2.23. The number of anilines is 1. The second-order valence-electron chi connectivity index (χ2n) is 4.44. The van der Waals surface area contributed by atoms with E-state index in [0.717, 1.165) is 23.4 Å². The Hall–Kier alpha value is -1.14. The number of halogens is 1. The van der Waals surface area contributed by atoms with E-state index in [9.17, 15) is 4.79 Å². The molecular formula is C12H17BrN4O. The number of nitrogens with zero attached hydrogens (tertiary/aromatic N) is 3. The van der Waals surface area contributed by atoms with Crippen molar-refractivity contribution >= 4 is 27.7 Å². The van der Waals surface area contributed by atoms with Gasteiger partial charge < -0.3 is 15.5 Å². The van der Waals surface area contributed by atoms with E-state index in [-0.39, 0.29) is 5.91 Å². The van der Waals surface area contributed by atoms with Crippen LogP contribution in [0.15, 0.2) is 22.8 Å². The van der Waals surface area contributed by atoms with E-state index in [1.54, 1.807) is 13.1 Å². The largest absolute Gasteiger partial charge is 0.353 e. The molecule has 2 heterocycles. The maximum Gasteiger partial charge on any atom is 0.239 e. The molecule has 2 N–H and O–H groups in total. The van der Waals surface area contributed by atoms with Crippen LogP contribution in [-0.2, 0) is 4.79 Å². The minimum Gasteiger partial charge on any atom is -0.353 e. The van der Waals surface area contributed by atoms with Crippen LogP contribution in [0, 0.1) is 0 Å². The highest BCUT2D eigenvalue weighted by Crippen LogP contribution is 2.16. The lowest BCUT2D eigenvalue weighted by atomic mass is 10.2. The van der Waals surface area contributed by atoms with Crippen molar-refractivity contribution in [1.29, 1.82) is 0 Å². The molecule has 0 saturated carbocycles. The Bertz CT molecular complexity index is 413. The summed E-state index contributed by atoms with van der Waals surface area (Å²) in [5.74, 6) is 0.976. The number of nitrogens with two attached hydrogens (primary N) is 1. The van der Waals surface area contributed by atoms with E-state index in [2.05, 4.69) is 25.8 Å². The SMILES string of the molecule is C[C@H](N)C(=O)N1CCN(c2ccc(Br)cn2)CC1. The van der Waals surface area contributed by atoms with Gasteiger partial charge in [-0.05, 0) is 35.0 Å². The molecule has 1 fully saturated rings. The van der Waals surface area contributed by atoms with E-state index in [0.29, 0.717) is 13.1 Å². The zero-order valence-electron chi connectivity index (χ0n) is 10.3. The van der Waals surface area contributed by atoms with Crippen molar-refractivity contribution in [1.82, 2.24) is 9.88 Å². The van der Waals surface area contributed by atoms with Gasteiger partial charge in [0.25, 0.3) is 0 Å². The van der Waals surface area contributed by atoms with Gasteiger partial charge in [-0.25, -0.2) is 4.98 Å². The quantitative estimate of drug-likeness (QED) is 0.879. The van der Waals surface area contributed by atoms with E-state index in [4.69, 9.17) is 5.73 Å². The summed E-state index contributed by atoms with van der Waals surface area (Å²) in [4.78, 5) is 20.1. The van der Waals surface area contributed by atoms with E-state index < -0.39 is 6.04 Å². The number of carbonyl (C=O) groups is 1. The van der Waals surface area contributed by atoms with E-state index >= 15 is 0 Å². The summed E-state index contributed by atoms with van der Waals surface area (Å²) in [6.07, 6.45) is 1.79. The molecule has 1 atom stereocenters. The minimum atomic E-state index is -0.414. The monoisotopic (exact) mass is 312 g/mol. The Morgan fingerprint density at radius 2 is 2.06 bits per heavy atom. The van der Waals surface area contributed by atoms with Crippen molar-refractivity contribution < 1.29 is 4.79 Å². The topological polar surface area (TPSA) is 62.5 Å². The normalized spacial score (nSPS) is 17.7. The molecule has 0 radical (unpaired) electrons. The maximum atomic E-state index is 11.7. The second kappa shape index (κ2) is 5.67. The van der Waals surface area contributed by atoms with Gasteiger partial charge in [0.2, 0.25) is 5.91 Å². The average molecular weight is 313 g/mol. The van der Waals surface area contributed by atoms with Crippen LogP contribution in [0.5, 0.6) is 0 Å². The summed E-state index contributed by atoms with van der Waals surface area (Å²) in [6, 6.07) is 3.54. The molecule has 6 heteroatoms. The zero-order valence-corrected chi connectivity index (χ0v) is 11.9. The van der Waals surface area contributed by atoms with E-state index in [1.807, 2.05) is 17.0 Å². The van der Waals surface area contributed by atoms with Crippen molar-refractivity contribution in [3.8, 4) is 0 Å². The molecule has 0 aromatic carbocycles. The predicted octanol–water partition coefficient (Wildman–Crippen LogP) is 0.840. The summed E-state index contributed by atoms with van der Waals surface area (Å²) < 4.78 is 0.969. The first-order valence-electron chi connectivity index (χ1n) is 5.99. The molecule has 1 aromatic rings. The van der Waals surface area contributed by atoms with Crippen molar-refractivity contribution in [3.63, 3.8) is 0 Å². The predicted molar refractivity (Wildman–Crippen MR) is 74.4 cm³/mol. The van der Waals surface area contributed by atoms with Crippen LogP contribution in [0.1, 0.15) is 6.92 Å². The summed E-state index contributed by atoms with van der Waals surface area (Å²) in [5.41, 5.74) is 5.61. The Morgan fingerprint density at radius 1 is 1.39 bits per heavy atom. The first-order valence-corrected chi connectivity index (χ1v) is 6.78. The molecule has 98 valence electrons. The molecule has 0 bridgehead atoms. The molecule has 0 aliphatic carbocycles. The maximum absolute atomic E-state index is 11.7. The third-order valence-electron chi connectivity index (χ3n) is 3.02. The van der Waals surface area contributed by atoms with Gasteiger partial charge in [-0.2, -0.15) is 0 Å². The van der Waals surface area contributed by atoms with Crippen molar-refractivity contribution in [2.75, 3.05) is 31.1 Å². The van der Waals surface area contributed by atoms with Gasteiger partial charge in [-0.15, -0.1) is 0 Å². The standard InChI is InChI=1S/C12H17BrN4O/c1-9(14)12(18)17-6-4-16(5-7-17)11-3-2-10(13)8-15-11/h2-3,8-9H,4-7,14H2,1H3/t9-/m0/s1. The highest BCUT2D eigenvalue weighted by molar-refractivity contribution is 9.10. The first kappa shape index (κ1) is 13.3. The summed E-state index contributed by atoms with van der Waals surface area (Å²) in [7, 11) is 0. The number of carbonyl (C=O) groups excluding carboxylic acids is 1. The second-order valence-corrected chi connectivity index (χ2v) is 5.35. The highest BCUT2D eigenvalue weighted by Gasteiger charge is 2.23. The molecular weight excluding hydrogens is 296 g/mol. The lowest BCUT2D eigenvalue weighted by Gasteiger charge is -2.36. The molecule has 1 saturated heterocycles. The minimum absolute atomic E-state index is 0.0263. The Labute approximate surface area is 115 Å². The van der Waals surface area contributed by atoms with Crippen molar-refractivity contribution in [3.05, 3.63) is 22.8 Å². The van der Waals surface area contributed by atoms with Gasteiger partial charge in [0.1, 0.15) is 5.82 Å². The smallest absolute Gasteiger partial charge is 0.239 e. The number of hydrogen-bond acceptors (Lipinski definition) is 4. The molecule has 2 rings (SSSR count). The highest BCUT2D eigenvalue weighted by atomic mass is 79.9. The number of pyridine rings is 1. The van der Waals surface area contributed by atoms with Crippen LogP contribution in [-0.4, -0.2) is 48.0 Å². The van der Waals surface area contributed by atoms with Crippen LogP contribution in [0.25, 0.3) is 0 Å². The number of hydrogen-bond donors (Lipinski definition) is 1. The summed E-state index contributed by atoms with van der Waals surface area (Å²) >= 11 is 3.37. The Kier molecular flexibility index (Phi) is 4.19. The van der Waals surface area contributed by atoms with Gasteiger partial charge in [-0.3, -0.25) is 4.79 Å². The molecule has 0 spiro atoms. The van der Waals surface area contributed by atoms with Crippen LogP contribution < -0.4 is 10.6 Å². The lowest BCUT2D eigenvalue weighted by Crippen LogP contribution is -2.52. The third-order valence-corrected chi connectivity index (χ3v) is 3.49. The van der Waals surface area contributed by atoms with E-state index in [1.165, 1.54) is 0 Å².